The fourth-order valence-electron chi connectivity index (χ4n) is 3.41. The Balaban J connectivity index is 2.39. The molecule has 0 heterocycles. The minimum absolute atomic E-state index is 0.104. The third-order valence-corrected chi connectivity index (χ3v) is 6.28. The second-order valence-corrected chi connectivity index (χ2v) is 10.7. The highest BCUT2D eigenvalue weighted by atomic mass is 19.4. The number of hydrogen-bond acceptors (Lipinski definition) is 2. The topological polar surface area (TPSA) is 49.4 Å². The van der Waals surface area contributed by atoms with E-state index in [-0.39, 0.29) is 17.7 Å². The standard InChI is InChI=1S/C26H20F16N2O2/c1-19(2,3)17(45)43-16-7-5-4-6-14(16)12-13-8-10-15(11-9-13)44(42)18(46)20(27,28)21(29,30)22(31,32)23(33,34)24(35,36)25(37,38)26(39,40)41/h4-11H,12H2,1-3H3,(H,43,45). The molecular formula is C26H20F16N2O2. The number of amides is 2. The van der Waals surface area contributed by atoms with Crippen LogP contribution in [-0.2, 0) is 16.0 Å². The molecule has 0 atom stereocenters. The van der Waals surface area contributed by atoms with Crippen molar-refractivity contribution >= 4 is 23.2 Å². The van der Waals surface area contributed by atoms with E-state index in [1.807, 2.05) is 0 Å². The number of hydrogen-bond donors (Lipinski definition) is 1. The van der Waals surface area contributed by atoms with Crippen LogP contribution < -0.4 is 10.4 Å². The molecule has 0 aliphatic rings. The molecule has 2 aromatic rings. The van der Waals surface area contributed by atoms with Crippen molar-refractivity contribution in [3.8, 4) is 0 Å². The van der Waals surface area contributed by atoms with E-state index in [9.17, 15) is 79.9 Å². The van der Waals surface area contributed by atoms with E-state index in [0.29, 0.717) is 17.7 Å². The third-order valence-electron chi connectivity index (χ3n) is 6.28. The summed E-state index contributed by atoms with van der Waals surface area (Å²) in [5.41, 5.74) is -1.45. The molecule has 2 rings (SSSR count). The van der Waals surface area contributed by atoms with Gasteiger partial charge in [0, 0.05) is 11.1 Å². The molecule has 258 valence electrons. The molecule has 0 saturated carbocycles. The number of para-hydroxylation sites is 1. The number of rotatable bonds is 10. The van der Waals surface area contributed by atoms with Crippen LogP contribution in [0.5, 0.6) is 0 Å². The van der Waals surface area contributed by atoms with Crippen LogP contribution in [0, 0.1) is 5.41 Å². The van der Waals surface area contributed by atoms with Crippen LogP contribution in [0.25, 0.3) is 0 Å². The highest BCUT2D eigenvalue weighted by Gasteiger charge is 2.94. The van der Waals surface area contributed by atoms with Crippen molar-refractivity contribution in [2.75, 3.05) is 10.4 Å². The molecule has 0 aliphatic heterocycles. The number of benzene rings is 2. The van der Waals surface area contributed by atoms with Gasteiger partial charge in [-0.3, -0.25) is 9.59 Å². The van der Waals surface area contributed by atoms with Crippen LogP contribution in [0.1, 0.15) is 31.9 Å². The Hall–Kier alpha value is -3.74. The van der Waals surface area contributed by atoms with Gasteiger partial charge in [-0.15, -0.1) is 5.12 Å². The summed E-state index contributed by atoms with van der Waals surface area (Å²) in [5, 5.41) is 0.634. The number of halogens is 16. The van der Waals surface area contributed by atoms with Crippen molar-refractivity contribution in [2.45, 2.75) is 68.9 Å². The second kappa shape index (κ2) is 11.8. The monoisotopic (exact) mass is 696 g/mol. The number of alkyl halides is 15. The first-order valence-electron chi connectivity index (χ1n) is 12.2. The van der Waals surface area contributed by atoms with Gasteiger partial charge in [0.05, 0.1) is 5.69 Å². The second-order valence-electron chi connectivity index (χ2n) is 10.7. The average Bonchev–Trinajstić information content (AvgIpc) is 2.91. The van der Waals surface area contributed by atoms with Crippen LogP contribution in [0.15, 0.2) is 48.5 Å². The van der Waals surface area contributed by atoms with E-state index in [0.717, 1.165) is 12.1 Å². The van der Waals surface area contributed by atoms with Crippen LogP contribution in [0.3, 0.4) is 0 Å². The van der Waals surface area contributed by atoms with Crippen molar-refractivity contribution in [3.63, 3.8) is 0 Å². The third kappa shape index (κ3) is 6.30. The van der Waals surface area contributed by atoms with Gasteiger partial charge in [0.15, 0.2) is 0 Å². The van der Waals surface area contributed by atoms with E-state index in [4.69, 9.17) is 0 Å². The zero-order chi connectivity index (χ0) is 36.1. The van der Waals surface area contributed by atoms with Crippen molar-refractivity contribution in [3.05, 3.63) is 59.7 Å². The Kier molecular flexibility index (Phi) is 9.87. The average molecular weight is 696 g/mol. The Labute approximate surface area is 248 Å². The summed E-state index contributed by atoms with van der Waals surface area (Å²) in [7, 11) is 0. The first kappa shape index (κ1) is 38.4. The fraction of sp³-hybridized carbons (Fsp3) is 0.462. The highest BCUT2D eigenvalue weighted by Crippen LogP contribution is 2.62. The molecule has 0 aliphatic carbocycles. The van der Waals surface area contributed by atoms with Crippen LogP contribution >= 0.6 is 0 Å². The summed E-state index contributed by atoms with van der Waals surface area (Å²) < 4.78 is 215. The molecular weight excluding hydrogens is 676 g/mol. The predicted octanol–water partition coefficient (Wildman–Crippen LogP) is 8.85. The minimum Gasteiger partial charge on any atom is -0.325 e. The Bertz CT molecular complexity index is 1430. The summed E-state index contributed by atoms with van der Waals surface area (Å²) in [6.45, 7) is 4.80. The van der Waals surface area contributed by atoms with Gasteiger partial charge < -0.3 is 5.32 Å². The van der Waals surface area contributed by atoms with Crippen molar-refractivity contribution < 1.29 is 79.9 Å². The summed E-state index contributed by atoms with van der Waals surface area (Å²) in [6.07, 6.45) is -7.89. The highest BCUT2D eigenvalue weighted by molar-refractivity contribution is 5.97. The van der Waals surface area contributed by atoms with Gasteiger partial charge in [0.1, 0.15) is 0 Å². The van der Waals surface area contributed by atoms with Gasteiger partial charge in [-0.1, -0.05) is 55.6 Å². The van der Waals surface area contributed by atoms with Crippen molar-refractivity contribution in [1.82, 2.24) is 0 Å². The minimum atomic E-state index is -8.61. The molecule has 2 aromatic carbocycles. The molecule has 2 amide bonds. The molecule has 0 fully saturated rings. The summed E-state index contributed by atoms with van der Waals surface area (Å²) in [4.78, 5) is 24.1. The molecule has 0 unspecified atom stereocenters. The Morgan fingerprint density at radius 1 is 0.630 bits per heavy atom. The van der Waals surface area contributed by atoms with Gasteiger partial charge in [0.2, 0.25) is 5.91 Å². The van der Waals surface area contributed by atoms with Gasteiger partial charge in [-0.05, 0) is 35.7 Å². The van der Waals surface area contributed by atoms with Crippen molar-refractivity contribution in [1.29, 1.82) is 0 Å². The van der Waals surface area contributed by atoms with Crippen LogP contribution in [0.2, 0.25) is 0 Å². The first-order valence-corrected chi connectivity index (χ1v) is 12.2. The number of carbonyl (C=O) groups is 2. The van der Waals surface area contributed by atoms with E-state index in [1.165, 1.54) is 24.3 Å². The normalized spacial score (nSPS) is 14.2. The molecule has 0 radical (unpaired) electrons. The Morgan fingerprint density at radius 2 is 1.07 bits per heavy atom. The van der Waals surface area contributed by atoms with Crippen molar-refractivity contribution in [2.24, 2.45) is 5.41 Å². The zero-order valence-electron chi connectivity index (χ0n) is 23.1. The van der Waals surface area contributed by atoms with Crippen LogP contribution in [0.4, 0.5) is 81.7 Å². The van der Waals surface area contributed by atoms with Gasteiger partial charge in [-0.25, -0.2) is 0 Å². The Morgan fingerprint density at radius 3 is 1.52 bits per heavy atom. The molecule has 20 heteroatoms. The molecule has 0 bridgehead atoms. The number of carbonyl (C=O) groups excluding carboxylic acids is 2. The quantitative estimate of drug-likeness (QED) is 0.200. The predicted molar refractivity (Wildman–Crippen MR) is 128 cm³/mol. The smallest absolute Gasteiger partial charge is 0.325 e. The maximum atomic E-state index is 14.5. The maximum Gasteiger partial charge on any atom is 0.460 e. The summed E-state index contributed by atoms with van der Waals surface area (Å²) in [6, 6.07) is 8.58. The van der Waals surface area contributed by atoms with Gasteiger partial charge >= 0.3 is 47.6 Å². The van der Waals surface area contributed by atoms with Gasteiger partial charge in [-0.2, -0.15) is 65.9 Å². The maximum absolute atomic E-state index is 14.5. The fourth-order valence-corrected chi connectivity index (χ4v) is 3.41. The van der Waals surface area contributed by atoms with Crippen LogP contribution in [-0.4, -0.2) is 53.5 Å². The number of nitrogens with one attached hydrogen (secondary N) is 1. The zero-order valence-corrected chi connectivity index (χ0v) is 23.1. The SMILES string of the molecule is CC(C)(C)C(=O)Nc1ccccc1Cc1ccc(N(F)C(=O)C(F)(F)C(F)(F)C(F)(F)C(F)(F)C(F)(F)C(F)(F)C(F)(F)F)cc1. The summed E-state index contributed by atoms with van der Waals surface area (Å²) >= 11 is 0. The van der Waals surface area contributed by atoms with E-state index in [2.05, 4.69) is 5.32 Å². The van der Waals surface area contributed by atoms with Gasteiger partial charge in [0.25, 0.3) is 0 Å². The molecule has 0 spiro atoms. The lowest BCUT2D eigenvalue weighted by Gasteiger charge is -2.41. The lowest BCUT2D eigenvalue weighted by molar-refractivity contribution is -0.449. The largest absolute Gasteiger partial charge is 0.460 e. The molecule has 4 nitrogen and oxygen atoms in total. The summed E-state index contributed by atoms with van der Waals surface area (Å²) in [5.74, 6) is -54.0. The van der Waals surface area contributed by atoms with E-state index in [1.54, 1.807) is 20.8 Å². The molecule has 1 N–H and O–H groups in total. The van der Waals surface area contributed by atoms with E-state index < -0.39 is 69.8 Å². The molecule has 0 aromatic heterocycles. The molecule has 0 saturated heterocycles. The van der Waals surface area contributed by atoms with E-state index >= 15 is 0 Å². The number of anilines is 2. The lowest BCUT2D eigenvalue weighted by atomic mass is 9.90. The lowest BCUT2D eigenvalue weighted by Crippen LogP contribution is -2.73. The number of nitrogens with zero attached hydrogens (tertiary/aromatic N) is 1. The molecule has 46 heavy (non-hydrogen) atoms. The first-order chi connectivity index (χ1) is 20.4.